The molecule has 0 fully saturated rings. The SMILES string of the molecule is COc1ccc(Cl)cc1NC(=O)Cn1cnc2c(nnn2Cc2ccc(Cl)cc2)c1=O. The molecule has 31 heavy (non-hydrogen) atoms. The largest absolute Gasteiger partial charge is 0.495 e. The van der Waals surface area contributed by atoms with E-state index in [1.54, 1.807) is 30.3 Å². The van der Waals surface area contributed by atoms with E-state index in [4.69, 9.17) is 27.9 Å². The number of amides is 1. The fraction of sp³-hybridized carbons (Fsp3) is 0.150. The van der Waals surface area contributed by atoms with Gasteiger partial charge in [-0.15, -0.1) is 5.10 Å². The molecule has 0 radical (unpaired) electrons. The van der Waals surface area contributed by atoms with Crippen LogP contribution in [0.15, 0.2) is 53.6 Å². The summed E-state index contributed by atoms with van der Waals surface area (Å²) in [4.78, 5) is 29.5. The van der Waals surface area contributed by atoms with Crippen LogP contribution >= 0.6 is 23.2 Å². The number of nitrogens with zero attached hydrogens (tertiary/aromatic N) is 5. The zero-order valence-corrected chi connectivity index (χ0v) is 17.8. The lowest BCUT2D eigenvalue weighted by Gasteiger charge is -2.11. The molecule has 11 heteroatoms. The van der Waals surface area contributed by atoms with Crippen molar-refractivity contribution in [3.05, 3.63) is 74.8 Å². The van der Waals surface area contributed by atoms with Crippen LogP contribution in [-0.2, 0) is 17.9 Å². The molecule has 0 unspecified atom stereocenters. The lowest BCUT2D eigenvalue weighted by molar-refractivity contribution is -0.116. The molecular formula is C20H16Cl2N6O3. The van der Waals surface area contributed by atoms with Gasteiger partial charge in [-0.3, -0.25) is 14.2 Å². The standard InChI is InChI=1S/C20H16Cl2N6O3/c1-31-16-7-6-14(22)8-15(16)24-17(29)10-27-11-23-19-18(20(27)30)25-26-28(19)9-12-2-4-13(21)5-3-12/h2-8,11H,9-10H2,1H3,(H,24,29). The highest BCUT2D eigenvalue weighted by Gasteiger charge is 2.15. The molecule has 4 rings (SSSR count). The summed E-state index contributed by atoms with van der Waals surface area (Å²) >= 11 is 11.9. The first kappa shape index (κ1) is 20.8. The fourth-order valence-electron chi connectivity index (χ4n) is 2.99. The Morgan fingerprint density at radius 1 is 1.13 bits per heavy atom. The summed E-state index contributed by atoms with van der Waals surface area (Å²) in [5, 5.41) is 11.7. The number of methoxy groups -OCH3 is 1. The third kappa shape index (κ3) is 4.52. The van der Waals surface area contributed by atoms with Crippen molar-refractivity contribution in [2.24, 2.45) is 0 Å². The van der Waals surface area contributed by atoms with Gasteiger partial charge in [0.1, 0.15) is 18.6 Å². The molecule has 2 heterocycles. The Bertz CT molecular complexity index is 1320. The summed E-state index contributed by atoms with van der Waals surface area (Å²) in [5.74, 6) is 0.00110. The van der Waals surface area contributed by atoms with Gasteiger partial charge < -0.3 is 10.1 Å². The first-order chi connectivity index (χ1) is 14.9. The minimum atomic E-state index is -0.472. The molecule has 0 saturated carbocycles. The Labute approximate surface area is 186 Å². The number of hydrogen-bond acceptors (Lipinski definition) is 6. The average molecular weight is 459 g/mol. The maximum absolute atomic E-state index is 12.8. The second-order valence-corrected chi connectivity index (χ2v) is 7.49. The van der Waals surface area contributed by atoms with Gasteiger partial charge >= 0.3 is 0 Å². The highest BCUT2D eigenvalue weighted by molar-refractivity contribution is 6.31. The molecule has 2 aromatic carbocycles. The van der Waals surface area contributed by atoms with Crippen molar-refractivity contribution >= 4 is 46.0 Å². The number of ether oxygens (including phenoxy) is 1. The van der Waals surface area contributed by atoms with Crippen molar-refractivity contribution in [1.82, 2.24) is 24.5 Å². The number of carbonyl (C=O) groups excluding carboxylic acids is 1. The molecular weight excluding hydrogens is 443 g/mol. The molecule has 0 saturated heterocycles. The first-order valence-electron chi connectivity index (χ1n) is 9.11. The van der Waals surface area contributed by atoms with Crippen molar-refractivity contribution in [2.45, 2.75) is 13.1 Å². The minimum Gasteiger partial charge on any atom is -0.495 e. The maximum Gasteiger partial charge on any atom is 0.283 e. The van der Waals surface area contributed by atoms with E-state index in [0.29, 0.717) is 33.7 Å². The highest BCUT2D eigenvalue weighted by Crippen LogP contribution is 2.27. The predicted octanol–water partition coefficient (Wildman–Crippen LogP) is 2.99. The molecule has 0 aliphatic carbocycles. The Morgan fingerprint density at radius 3 is 2.61 bits per heavy atom. The summed E-state index contributed by atoms with van der Waals surface area (Å²) in [6.45, 7) is 0.112. The zero-order chi connectivity index (χ0) is 22.0. The third-order valence-electron chi connectivity index (χ3n) is 4.49. The molecule has 4 aromatic rings. The minimum absolute atomic E-state index is 0.0737. The van der Waals surface area contributed by atoms with Gasteiger partial charge in [-0.25, -0.2) is 9.67 Å². The van der Waals surface area contributed by atoms with Gasteiger partial charge in [0, 0.05) is 10.0 Å². The van der Waals surface area contributed by atoms with Crippen molar-refractivity contribution in [3.8, 4) is 5.75 Å². The topological polar surface area (TPSA) is 104 Å². The van der Waals surface area contributed by atoms with Crippen molar-refractivity contribution < 1.29 is 9.53 Å². The van der Waals surface area contributed by atoms with Crippen molar-refractivity contribution in [3.63, 3.8) is 0 Å². The predicted molar refractivity (Wildman–Crippen MR) is 117 cm³/mol. The molecule has 0 atom stereocenters. The average Bonchev–Trinajstić information content (AvgIpc) is 3.15. The van der Waals surface area contributed by atoms with E-state index in [9.17, 15) is 9.59 Å². The van der Waals surface area contributed by atoms with Crippen LogP contribution in [0.3, 0.4) is 0 Å². The molecule has 1 amide bonds. The highest BCUT2D eigenvalue weighted by atomic mass is 35.5. The second kappa shape index (κ2) is 8.75. The van der Waals surface area contributed by atoms with Gasteiger partial charge in [-0.05, 0) is 35.9 Å². The van der Waals surface area contributed by atoms with E-state index in [1.165, 1.54) is 18.1 Å². The molecule has 1 N–H and O–H groups in total. The molecule has 158 valence electrons. The quantitative estimate of drug-likeness (QED) is 0.476. The molecule has 0 spiro atoms. The van der Waals surface area contributed by atoms with Crippen LogP contribution in [0.2, 0.25) is 10.0 Å². The number of nitrogens with one attached hydrogen (secondary N) is 1. The number of aromatic nitrogens is 5. The summed E-state index contributed by atoms with van der Waals surface area (Å²) in [7, 11) is 1.48. The number of benzene rings is 2. The monoisotopic (exact) mass is 458 g/mol. The number of fused-ring (bicyclic) bond motifs is 1. The molecule has 0 aliphatic heterocycles. The summed E-state index contributed by atoms with van der Waals surface area (Å²) < 4.78 is 7.89. The van der Waals surface area contributed by atoms with Crippen LogP contribution in [0.4, 0.5) is 5.69 Å². The van der Waals surface area contributed by atoms with Gasteiger partial charge in [-0.1, -0.05) is 40.5 Å². The van der Waals surface area contributed by atoms with Gasteiger partial charge in [0.05, 0.1) is 19.3 Å². The second-order valence-electron chi connectivity index (χ2n) is 6.62. The zero-order valence-electron chi connectivity index (χ0n) is 16.2. The van der Waals surface area contributed by atoms with Crippen LogP contribution in [0.5, 0.6) is 5.75 Å². The Hall–Kier alpha value is -3.43. The summed E-state index contributed by atoms with van der Waals surface area (Å²) in [6.07, 6.45) is 1.29. The molecule has 9 nitrogen and oxygen atoms in total. The number of hydrogen-bond donors (Lipinski definition) is 1. The molecule has 0 aliphatic rings. The van der Waals surface area contributed by atoms with Crippen LogP contribution in [0.1, 0.15) is 5.56 Å². The van der Waals surface area contributed by atoms with E-state index in [0.717, 1.165) is 10.1 Å². The summed E-state index contributed by atoms with van der Waals surface area (Å²) in [6, 6.07) is 12.1. The number of carbonyl (C=O) groups is 1. The lowest BCUT2D eigenvalue weighted by atomic mass is 10.2. The Morgan fingerprint density at radius 2 is 1.87 bits per heavy atom. The van der Waals surface area contributed by atoms with E-state index in [1.807, 2.05) is 12.1 Å². The fourth-order valence-corrected chi connectivity index (χ4v) is 3.29. The van der Waals surface area contributed by atoms with E-state index in [2.05, 4.69) is 20.6 Å². The van der Waals surface area contributed by atoms with Gasteiger partial charge in [-0.2, -0.15) is 0 Å². The van der Waals surface area contributed by atoms with E-state index >= 15 is 0 Å². The normalized spacial score (nSPS) is 10.9. The van der Waals surface area contributed by atoms with Crippen molar-refractivity contribution in [2.75, 3.05) is 12.4 Å². The van der Waals surface area contributed by atoms with Gasteiger partial charge in [0.15, 0.2) is 11.2 Å². The van der Waals surface area contributed by atoms with E-state index in [-0.39, 0.29) is 12.1 Å². The van der Waals surface area contributed by atoms with Crippen LogP contribution in [-0.4, -0.2) is 37.6 Å². The van der Waals surface area contributed by atoms with Crippen LogP contribution < -0.4 is 15.6 Å². The molecule has 0 bridgehead atoms. The van der Waals surface area contributed by atoms with Crippen molar-refractivity contribution in [1.29, 1.82) is 0 Å². The Balaban J connectivity index is 1.55. The lowest BCUT2D eigenvalue weighted by Crippen LogP contribution is -2.28. The van der Waals surface area contributed by atoms with E-state index < -0.39 is 11.5 Å². The number of rotatable bonds is 6. The summed E-state index contributed by atoms with van der Waals surface area (Å²) in [5.41, 5.74) is 1.26. The number of anilines is 1. The van der Waals surface area contributed by atoms with Gasteiger partial charge in [0.2, 0.25) is 5.91 Å². The van der Waals surface area contributed by atoms with Gasteiger partial charge in [0.25, 0.3) is 5.56 Å². The Kier molecular flexibility index (Phi) is 5.88. The number of halogens is 2. The van der Waals surface area contributed by atoms with Crippen LogP contribution in [0, 0.1) is 0 Å². The third-order valence-corrected chi connectivity index (χ3v) is 4.97. The first-order valence-corrected chi connectivity index (χ1v) is 9.86. The molecule has 2 aromatic heterocycles. The maximum atomic E-state index is 12.8. The smallest absolute Gasteiger partial charge is 0.283 e. The van der Waals surface area contributed by atoms with Crippen LogP contribution in [0.25, 0.3) is 11.2 Å².